The van der Waals surface area contributed by atoms with Crippen LogP contribution in [0.5, 0.6) is 0 Å². The lowest BCUT2D eigenvalue weighted by Crippen LogP contribution is -2.46. The van der Waals surface area contributed by atoms with Gasteiger partial charge in [-0.1, -0.05) is 13.3 Å². The zero-order valence-corrected chi connectivity index (χ0v) is 11.5. The SMILES string of the molecule is CCCCOC(=O)[C@H](CO)NC(=O)OC(C)(C)C. The molecule has 0 saturated heterocycles. The van der Waals surface area contributed by atoms with Crippen LogP contribution in [-0.2, 0) is 14.3 Å². The maximum atomic E-state index is 11.5. The first-order chi connectivity index (χ1) is 8.30. The third-order valence-electron chi connectivity index (χ3n) is 1.90. The summed E-state index contributed by atoms with van der Waals surface area (Å²) in [6.07, 6.45) is 0.890. The van der Waals surface area contributed by atoms with E-state index in [4.69, 9.17) is 14.6 Å². The number of ether oxygens (including phenoxy) is 2. The van der Waals surface area contributed by atoms with E-state index in [1.807, 2.05) is 6.92 Å². The summed E-state index contributed by atoms with van der Waals surface area (Å²) in [6, 6.07) is -1.09. The van der Waals surface area contributed by atoms with Crippen molar-refractivity contribution in [2.75, 3.05) is 13.2 Å². The second-order valence-corrected chi connectivity index (χ2v) is 4.90. The number of unbranched alkanes of at least 4 members (excludes halogenated alkanes) is 1. The Morgan fingerprint density at radius 3 is 2.39 bits per heavy atom. The highest BCUT2D eigenvalue weighted by Crippen LogP contribution is 2.07. The minimum atomic E-state index is -1.09. The Kier molecular flexibility index (Phi) is 7.35. The average Bonchev–Trinajstić information content (AvgIpc) is 2.23. The van der Waals surface area contributed by atoms with Crippen LogP contribution in [0, 0.1) is 0 Å². The molecule has 0 rings (SSSR count). The van der Waals surface area contributed by atoms with Gasteiger partial charge in [-0.3, -0.25) is 0 Å². The molecule has 1 amide bonds. The number of rotatable bonds is 6. The van der Waals surface area contributed by atoms with E-state index in [0.717, 1.165) is 12.8 Å². The van der Waals surface area contributed by atoms with Gasteiger partial charge in [0.2, 0.25) is 0 Å². The monoisotopic (exact) mass is 261 g/mol. The van der Waals surface area contributed by atoms with Crippen LogP contribution in [0.3, 0.4) is 0 Å². The van der Waals surface area contributed by atoms with Crippen LogP contribution < -0.4 is 5.32 Å². The number of aliphatic hydroxyl groups is 1. The number of alkyl carbamates (subject to hydrolysis) is 1. The fourth-order valence-electron chi connectivity index (χ4n) is 1.05. The van der Waals surface area contributed by atoms with Crippen molar-refractivity contribution in [1.82, 2.24) is 5.32 Å². The van der Waals surface area contributed by atoms with Gasteiger partial charge in [-0.2, -0.15) is 0 Å². The third kappa shape index (κ3) is 7.89. The lowest BCUT2D eigenvalue weighted by atomic mass is 10.2. The third-order valence-corrected chi connectivity index (χ3v) is 1.90. The van der Waals surface area contributed by atoms with E-state index in [1.54, 1.807) is 20.8 Å². The number of hydrogen-bond donors (Lipinski definition) is 2. The van der Waals surface area contributed by atoms with Crippen LogP contribution >= 0.6 is 0 Å². The van der Waals surface area contributed by atoms with E-state index >= 15 is 0 Å². The van der Waals surface area contributed by atoms with Gasteiger partial charge in [0.25, 0.3) is 0 Å². The molecule has 0 aromatic rings. The zero-order valence-electron chi connectivity index (χ0n) is 11.5. The average molecular weight is 261 g/mol. The number of amides is 1. The number of nitrogens with one attached hydrogen (secondary N) is 1. The van der Waals surface area contributed by atoms with Crippen molar-refractivity contribution in [2.45, 2.75) is 52.2 Å². The molecule has 6 heteroatoms. The molecule has 0 aliphatic carbocycles. The summed E-state index contributed by atoms with van der Waals surface area (Å²) in [6.45, 7) is 6.85. The minimum Gasteiger partial charge on any atom is -0.464 e. The normalized spacial score (nSPS) is 12.7. The largest absolute Gasteiger partial charge is 0.464 e. The van der Waals surface area contributed by atoms with Crippen LogP contribution in [0.4, 0.5) is 4.79 Å². The molecule has 0 aromatic heterocycles. The molecule has 0 spiro atoms. The predicted molar refractivity (Wildman–Crippen MR) is 66.1 cm³/mol. The van der Waals surface area contributed by atoms with Gasteiger partial charge in [-0.25, -0.2) is 9.59 Å². The van der Waals surface area contributed by atoms with Gasteiger partial charge in [0.1, 0.15) is 5.60 Å². The summed E-state index contributed by atoms with van der Waals surface area (Å²) in [5, 5.41) is 11.3. The Balaban J connectivity index is 4.17. The standard InChI is InChI=1S/C12H23NO5/c1-5-6-7-17-10(15)9(8-14)13-11(16)18-12(2,3)4/h9,14H,5-8H2,1-4H3,(H,13,16)/t9-/m0/s1. The Hall–Kier alpha value is -1.30. The first kappa shape index (κ1) is 16.7. The highest BCUT2D eigenvalue weighted by atomic mass is 16.6. The fraction of sp³-hybridized carbons (Fsp3) is 0.833. The van der Waals surface area contributed by atoms with Gasteiger partial charge in [0, 0.05) is 0 Å². The van der Waals surface area contributed by atoms with Gasteiger partial charge in [0.05, 0.1) is 13.2 Å². The van der Waals surface area contributed by atoms with Crippen LogP contribution in [0.1, 0.15) is 40.5 Å². The van der Waals surface area contributed by atoms with Gasteiger partial charge < -0.3 is 19.9 Å². The highest BCUT2D eigenvalue weighted by Gasteiger charge is 2.24. The molecular formula is C12H23NO5. The molecule has 1 atom stereocenters. The summed E-state index contributed by atoms with van der Waals surface area (Å²) in [5.41, 5.74) is -0.657. The maximum Gasteiger partial charge on any atom is 0.408 e. The second-order valence-electron chi connectivity index (χ2n) is 4.90. The number of carbonyl (C=O) groups is 2. The van der Waals surface area contributed by atoms with E-state index in [9.17, 15) is 9.59 Å². The van der Waals surface area contributed by atoms with Crippen molar-refractivity contribution in [3.8, 4) is 0 Å². The fourth-order valence-corrected chi connectivity index (χ4v) is 1.05. The smallest absolute Gasteiger partial charge is 0.408 e. The Morgan fingerprint density at radius 1 is 1.33 bits per heavy atom. The lowest BCUT2D eigenvalue weighted by molar-refractivity contribution is -0.147. The highest BCUT2D eigenvalue weighted by molar-refractivity contribution is 5.81. The van der Waals surface area contributed by atoms with Crippen LogP contribution in [0.25, 0.3) is 0 Å². The van der Waals surface area contributed by atoms with Crippen molar-refractivity contribution in [1.29, 1.82) is 0 Å². The Bertz CT molecular complexity index is 272. The van der Waals surface area contributed by atoms with Crippen molar-refractivity contribution in [3.63, 3.8) is 0 Å². The molecule has 0 aliphatic rings. The van der Waals surface area contributed by atoms with Gasteiger partial charge in [0.15, 0.2) is 6.04 Å². The van der Waals surface area contributed by atoms with Crippen LogP contribution in [0.15, 0.2) is 0 Å². The molecule has 0 unspecified atom stereocenters. The van der Waals surface area contributed by atoms with Crippen molar-refractivity contribution in [2.24, 2.45) is 0 Å². The lowest BCUT2D eigenvalue weighted by Gasteiger charge is -2.22. The number of aliphatic hydroxyl groups excluding tert-OH is 1. The first-order valence-corrected chi connectivity index (χ1v) is 6.07. The molecule has 2 N–H and O–H groups in total. The molecular weight excluding hydrogens is 238 g/mol. The molecule has 0 fully saturated rings. The second kappa shape index (κ2) is 7.92. The zero-order chi connectivity index (χ0) is 14.2. The molecule has 0 saturated carbocycles. The Labute approximate surface area is 108 Å². The first-order valence-electron chi connectivity index (χ1n) is 6.07. The molecule has 0 aliphatic heterocycles. The predicted octanol–water partition coefficient (Wildman–Crippen LogP) is 1.22. The maximum absolute atomic E-state index is 11.5. The van der Waals surface area contributed by atoms with Crippen LogP contribution in [0.2, 0.25) is 0 Å². The van der Waals surface area contributed by atoms with Crippen molar-refractivity contribution >= 4 is 12.1 Å². The number of esters is 1. The molecule has 0 radical (unpaired) electrons. The molecule has 18 heavy (non-hydrogen) atoms. The summed E-state index contributed by atoms with van der Waals surface area (Å²) < 4.78 is 9.87. The summed E-state index contributed by atoms with van der Waals surface area (Å²) in [7, 11) is 0. The molecule has 6 nitrogen and oxygen atoms in total. The molecule has 0 bridgehead atoms. The van der Waals surface area contributed by atoms with E-state index in [2.05, 4.69) is 5.32 Å². The number of carbonyl (C=O) groups excluding carboxylic acids is 2. The minimum absolute atomic E-state index is 0.280. The summed E-state index contributed by atoms with van der Waals surface area (Å²) in [5.74, 6) is -0.656. The molecule has 106 valence electrons. The summed E-state index contributed by atoms with van der Waals surface area (Å²) >= 11 is 0. The van der Waals surface area contributed by atoms with Crippen molar-refractivity contribution < 1.29 is 24.2 Å². The van der Waals surface area contributed by atoms with Gasteiger partial charge in [-0.05, 0) is 27.2 Å². The van der Waals surface area contributed by atoms with Crippen molar-refractivity contribution in [3.05, 3.63) is 0 Å². The van der Waals surface area contributed by atoms with E-state index in [1.165, 1.54) is 0 Å². The van der Waals surface area contributed by atoms with E-state index in [0.29, 0.717) is 0 Å². The Morgan fingerprint density at radius 2 is 1.94 bits per heavy atom. The van der Waals surface area contributed by atoms with E-state index in [-0.39, 0.29) is 6.61 Å². The number of hydrogen-bond acceptors (Lipinski definition) is 5. The molecule has 0 heterocycles. The van der Waals surface area contributed by atoms with Gasteiger partial charge >= 0.3 is 12.1 Å². The van der Waals surface area contributed by atoms with E-state index < -0.39 is 30.3 Å². The molecule has 0 aromatic carbocycles. The van der Waals surface area contributed by atoms with Crippen LogP contribution in [-0.4, -0.2) is 42.0 Å². The van der Waals surface area contributed by atoms with Gasteiger partial charge in [-0.15, -0.1) is 0 Å². The quantitative estimate of drug-likeness (QED) is 0.554. The topological polar surface area (TPSA) is 84.9 Å². The summed E-state index contributed by atoms with van der Waals surface area (Å²) in [4.78, 5) is 22.9.